The molecule has 0 radical (unpaired) electrons. The molecule has 0 N–H and O–H groups in total. The van der Waals surface area contributed by atoms with E-state index in [0.29, 0.717) is 16.7 Å². The second kappa shape index (κ2) is 4.75. The summed E-state index contributed by atoms with van der Waals surface area (Å²) in [5.41, 5.74) is 0.878. The average molecular weight is 245 g/mol. The number of benzene rings is 1. The Labute approximate surface area is 99.6 Å². The molecule has 1 atom stereocenters. The van der Waals surface area contributed by atoms with E-state index in [2.05, 4.69) is 6.92 Å². The van der Waals surface area contributed by atoms with Crippen molar-refractivity contribution in [3.63, 3.8) is 0 Å². The summed E-state index contributed by atoms with van der Waals surface area (Å²) in [4.78, 5) is 0. The minimum absolute atomic E-state index is 0.174. The third-order valence-corrected chi connectivity index (χ3v) is 2.80. The SMILES string of the molecule is CCC1COB(c2cc(Cl)cc(Cl)c2)O1. The zero-order valence-corrected chi connectivity index (χ0v) is 9.89. The first-order valence-corrected chi connectivity index (χ1v) is 5.67. The van der Waals surface area contributed by atoms with Crippen molar-refractivity contribution in [2.75, 3.05) is 6.61 Å². The first kappa shape index (κ1) is 11.3. The molecule has 1 unspecified atom stereocenters. The minimum Gasteiger partial charge on any atom is -0.405 e. The Morgan fingerprint density at radius 2 is 2.00 bits per heavy atom. The van der Waals surface area contributed by atoms with Gasteiger partial charge in [-0.1, -0.05) is 30.1 Å². The van der Waals surface area contributed by atoms with E-state index in [1.54, 1.807) is 6.07 Å². The predicted molar refractivity (Wildman–Crippen MR) is 63.0 cm³/mol. The fourth-order valence-corrected chi connectivity index (χ4v) is 2.09. The summed E-state index contributed by atoms with van der Waals surface area (Å²) in [6.07, 6.45) is 1.12. The number of halogens is 2. The van der Waals surface area contributed by atoms with Crippen LogP contribution in [-0.4, -0.2) is 19.8 Å². The molecule has 2 rings (SSSR count). The highest BCUT2D eigenvalue weighted by atomic mass is 35.5. The van der Waals surface area contributed by atoms with Gasteiger partial charge in [-0.25, -0.2) is 0 Å². The van der Waals surface area contributed by atoms with E-state index in [1.807, 2.05) is 12.1 Å². The molecular formula is C10H11BCl2O2. The Bertz CT molecular complexity index is 339. The lowest BCUT2D eigenvalue weighted by atomic mass is 9.79. The van der Waals surface area contributed by atoms with Gasteiger partial charge in [-0.05, 0) is 30.1 Å². The third-order valence-electron chi connectivity index (χ3n) is 2.36. The van der Waals surface area contributed by atoms with Gasteiger partial charge in [0.2, 0.25) is 0 Å². The summed E-state index contributed by atoms with van der Waals surface area (Å²) in [6, 6.07) is 5.32. The average Bonchev–Trinajstić information content (AvgIpc) is 2.64. The first-order chi connectivity index (χ1) is 7.19. The van der Waals surface area contributed by atoms with E-state index in [9.17, 15) is 0 Å². The Morgan fingerprint density at radius 3 is 2.53 bits per heavy atom. The lowest BCUT2D eigenvalue weighted by Crippen LogP contribution is -2.32. The molecule has 2 nitrogen and oxygen atoms in total. The molecule has 1 aliphatic rings. The van der Waals surface area contributed by atoms with Crippen LogP contribution in [0.5, 0.6) is 0 Å². The number of hydrogen-bond donors (Lipinski definition) is 0. The van der Waals surface area contributed by atoms with Crippen LogP contribution in [0.25, 0.3) is 0 Å². The van der Waals surface area contributed by atoms with Gasteiger partial charge < -0.3 is 9.31 Å². The van der Waals surface area contributed by atoms with Gasteiger partial charge in [0.05, 0.1) is 12.7 Å². The molecule has 1 aliphatic heterocycles. The predicted octanol–water partition coefficient (Wildman–Crippen LogP) is 2.51. The van der Waals surface area contributed by atoms with Crippen molar-refractivity contribution in [3.05, 3.63) is 28.2 Å². The van der Waals surface area contributed by atoms with Crippen LogP contribution in [0.15, 0.2) is 18.2 Å². The largest absolute Gasteiger partial charge is 0.494 e. The number of hydrogen-bond acceptors (Lipinski definition) is 2. The van der Waals surface area contributed by atoms with Crippen molar-refractivity contribution in [3.8, 4) is 0 Å². The highest BCUT2D eigenvalue weighted by molar-refractivity contribution is 6.62. The van der Waals surface area contributed by atoms with Crippen LogP contribution >= 0.6 is 23.2 Å². The van der Waals surface area contributed by atoms with Gasteiger partial charge in [0.25, 0.3) is 0 Å². The summed E-state index contributed by atoms with van der Waals surface area (Å²) in [6.45, 7) is 2.70. The summed E-state index contributed by atoms with van der Waals surface area (Å²) in [5.74, 6) is 0. The summed E-state index contributed by atoms with van der Waals surface area (Å²) < 4.78 is 11.2. The van der Waals surface area contributed by atoms with Crippen molar-refractivity contribution in [1.82, 2.24) is 0 Å². The highest BCUT2D eigenvalue weighted by Crippen LogP contribution is 2.17. The van der Waals surface area contributed by atoms with Crippen LogP contribution in [0.4, 0.5) is 0 Å². The molecule has 1 aromatic rings. The van der Waals surface area contributed by atoms with Crippen molar-refractivity contribution in [2.45, 2.75) is 19.4 Å². The van der Waals surface area contributed by atoms with Crippen LogP contribution in [0, 0.1) is 0 Å². The monoisotopic (exact) mass is 244 g/mol. The van der Waals surface area contributed by atoms with Gasteiger partial charge in [-0.2, -0.15) is 0 Å². The lowest BCUT2D eigenvalue weighted by molar-refractivity contribution is 0.230. The van der Waals surface area contributed by atoms with E-state index in [1.165, 1.54) is 0 Å². The molecule has 1 saturated heterocycles. The summed E-state index contributed by atoms with van der Waals surface area (Å²) >= 11 is 11.8. The summed E-state index contributed by atoms with van der Waals surface area (Å²) in [5, 5.41) is 1.20. The number of rotatable bonds is 2. The van der Waals surface area contributed by atoms with Crippen LogP contribution in [0.2, 0.25) is 10.0 Å². The van der Waals surface area contributed by atoms with Crippen molar-refractivity contribution >= 4 is 35.8 Å². The van der Waals surface area contributed by atoms with Gasteiger partial charge in [0, 0.05) is 10.0 Å². The highest BCUT2D eigenvalue weighted by Gasteiger charge is 2.32. The molecule has 5 heteroatoms. The topological polar surface area (TPSA) is 18.5 Å². The third kappa shape index (κ3) is 2.67. The molecule has 0 aliphatic carbocycles. The second-order valence-electron chi connectivity index (χ2n) is 3.53. The molecule has 0 bridgehead atoms. The smallest absolute Gasteiger partial charge is 0.405 e. The van der Waals surface area contributed by atoms with Gasteiger partial charge in [-0.15, -0.1) is 0 Å². The fourth-order valence-electron chi connectivity index (χ4n) is 1.55. The fraction of sp³-hybridized carbons (Fsp3) is 0.400. The standard InChI is InChI=1S/C10H11BCl2O2/c1-2-10-6-14-11(15-10)7-3-8(12)5-9(13)4-7/h3-5,10H,2,6H2,1H3. The van der Waals surface area contributed by atoms with E-state index in [0.717, 1.165) is 11.9 Å². The minimum atomic E-state index is -0.328. The Hall–Kier alpha value is -0.215. The van der Waals surface area contributed by atoms with E-state index >= 15 is 0 Å². The van der Waals surface area contributed by atoms with Crippen LogP contribution in [-0.2, 0) is 9.31 Å². The normalized spacial score (nSPS) is 21.0. The van der Waals surface area contributed by atoms with E-state index in [4.69, 9.17) is 32.5 Å². The van der Waals surface area contributed by atoms with Crippen LogP contribution in [0.3, 0.4) is 0 Å². The molecule has 80 valence electrons. The molecular weight excluding hydrogens is 234 g/mol. The van der Waals surface area contributed by atoms with Gasteiger partial charge >= 0.3 is 7.12 Å². The van der Waals surface area contributed by atoms with Crippen molar-refractivity contribution in [1.29, 1.82) is 0 Å². The maximum Gasteiger partial charge on any atom is 0.494 e. The second-order valence-corrected chi connectivity index (χ2v) is 4.41. The maximum absolute atomic E-state index is 5.90. The van der Waals surface area contributed by atoms with Crippen molar-refractivity contribution < 1.29 is 9.31 Å². The molecule has 1 fully saturated rings. The molecule has 1 aromatic carbocycles. The van der Waals surface area contributed by atoms with Crippen LogP contribution in [0.1, 0.15) is 13.3 Å². The molecule has 0 amide bonds. The quantitative estimate of drug-likeness (QED) is 0.745. The first-order valence-electron chi connectivity index (χ1n) is 4.92. The maximum atomic E-state index is 5.90. The van der Waals surface area contributed by atoms with Crippen molar-refractivity contribution in [2.24, 2.45) is 0 Å². The van der Waals surface area contributed by atoms with Gasteiger partial charge in [0.15, 0.2) is 0 Å². The Morgan fingerprint density at radius 1 is 1.33 bits per heavy atom. The zero-order valence-electron chi connectivity index (χ0n) is 8.37. The molecule has 0 spiro atoms. The molecule has 1 heterocycles. The Kier molecular flexibility index (Phi) is 3.57. The van der Waals surface area contributed by atoms with Gasteiger partial charge in [0.1, 0.15) is 0 Å². The Balaban J connectivity index is 2.16. The van der Waals surface area contributed by atoms with Crippen LogP contribution < -0.4 is 5.46 Å². The van der Waals surface area contributed by atoms with E-state index < -0.39 is 0 Å². The molecule has 0 saturated carbocycles. The zero-order chi connectivity index (χ0) is 10.8. The molecule has 15 heavy (non-hydrogen) atoms. The lowest BCUT2D eigenvalue weighted by Gasteiger charge is -2.07. The summed E-state index contributed by atoms with van der Waals surface area (Å²) in [7, 11) is -0.328. The molecule has 0 aromatic heterocycles. The van der Waals surface area contributed by atoms with Gasteiger partial charge in [-0.3, -0.25) is 0 Å². The van der Waals surface area contributed by atoms with E-state index in [-0.39, 0.29) is 13.2 Å².